The first-order valence-electron chi connectivity index (χ1n) is 13.7. The number of benzene rings is 2. The fourth-order valence-corrected chi connectivity index (χ4v) is 5.54. The van der Waals surface area contributed by atoms with Crippen LogP contribution in [0.4, 0.5) is 18.9 Å². The highest BCUT2D eigenvalue weighted by Crippen LogP contribution is 2.35. The van der Waals surface area contributed by atoms with Crippen molar-refractivity contribution in [3.05, 3.63) is 88.4 Å². The number of likely N-dealkylation sites (N-methyl/N-ethyl adjacent to an activating group) is 1. The predicted molar refractivity (Wildman–Crippen MR) is 162 cm³/mol. The molecule has 0 unspecified atom stereocenters. The van der Waals surface area contributed by atoms with E-state index in [9.17, 15) is 22.2 Å². The molecule has 0 spiro atoms. The van der Waals surface area contributed by atoms with E-state index in [0.717, 1.165) is 24.7 Å². The average molecular weight is 611 g/mol. The summed E-state index contributed by atoms with van der Waals surface area (Å²) in [6.07, 6.45) is 1.87. The van der Waals surface area contributed by atoms with Gasteiger partial charge in [0, 0.05) is 54.4 Å². The van der Waals surface area contributed by atoms with E-state index in [1.807, 2.05) is 18.9 Å². The molecule has 1 amide bonds. The number of nitrogens with zero attached hydrogens (tertiary/aromatic N) is 5. The van der Waals surface area contributed by atoms with Crippen LogP contribution in [0.1, 0.15) is 38.3 Å². The SMILES string of the molecule is Cc1ccc(C(=O)Nc2ccc(CN3CCN(C)CC3)c(C(F)(F)F)c2)cc1C#Cc1cnc2cc([SH](C)(C)=O)cnn12. The molecule has 2 aromatic heterocycles. The van der Waals surface area contributed by atoms with E-state index in [-0.39, 0.29) is 23.4 Å². The van der Waals surface area contributed by atoms with E-state index in [2.05, 4.69) is 32.1 Å². The van der Waals surface area contributed by atoms with Crippen molar-refractivity contribution in [2.45, 2.75) is 24.5 Å². The predicted octanol–water partition coefficient (Wildman–Crippen LogP) is 4.09. The van der Waals surface area contributed by atoms with Crippen LogP contribution in [0.25, 0.3) is 5.65 Å². The normalized spacial score (nSPS) is 15.2. The maximum Gasteiger partial charge on any atom is 0.416 e. The number of anilines is 1. The van der Waals surface area contributed by atoms with Crippen LogP contribution in [0.2, 0.25) is 0 Å². The van der Waals surface area contributed by atoms with Gasteiger partial charge in [-0.3, -0.25) is 13.9 Å². The van der Waals surface area contributed by atoms with Crippen LogP contribution in [-0.2, 0) is 22.7 Å². The smallest absolute Gasteiger partial charge is 0.322 e. The zero-order valence-electron chi connectivity index (χ0n) is 24.4. The number of thiol groups is 1. The quantitative estimate of drug-likeness (QED) is 0.262. The largest absolute Gasteiger partial charge is 0.416 e. The minimum absolute atomic E-state index is 0.0625. The van der Waals surface area contributed by atoms with E-state index in [1.54, 1.807) is 53.7 Å². The Morgan fingerprint density at radius 3 is 2.47 bits per heavy atom. The number of piperazine rings is 1. The number of aryl methyl sites for hydroxylation is 1. The molecule has 1 N–H and O–H groups in total. The van der Waals surface area contributed by atoms with Crippen LogP contribution in [0.5, 0.6) is 0 Å². The standard InChI is InChI=1S/C31H33F3N6O2S/c1-21-5-6-23(15-22(21)8-10-26-18-35-29-17-27(43(3,4)42)19-36-40(26)29)30(41)37-25-9-7-24(28(16-25)31(32,33)34)20-39-13-11-38(2)12-14-39/h5-7,9,15-19,43H,11-14,20H2,1-4H3,(H,37,41). The first-order valence-corrected chi connectivity index (χ1v) is 16.3. The molecule has 0 saturated carbocycles. The summed E-state index contributed by atoms with van der Waals surface area (Å²) < 4.78 is 55.9. The fraction of sp³-hybridized carbons (Fsp3) is 0.323. The Balaban J connectivity index is 1.35. The summed E-state index contributed by atoms with van der Waals surface area (Å²) >= 11 is 0. The van der Waals surface area contributed by atoms with Gasteiger partial charge in [-0.1, -0.05) is 28.0 Å². The number of hydrogen-bond donors (Lipinski definition) is 2. The Labute approximate surface area is 249 Å². The molecule has 0 bridgehead atoms. The summed E-state index contributed by atoms with van der Waals surface area (Å²) in [6.45, 7) is 5.03. The highest BCUT2D eigenvalue weighted by atomic mass is 32.2. The van der Waals surface area contributed by atoms with Gasteiger partial charge in [0.15, 0.2) is 5.65 Å². The van der Waals surface area contributed by atoms with Gasteiger partial charge in [-0.25, -0.2) is 9.50 Å². The Hall–Kier alpha value is -4.05. The van der Waals surface area contributed by atoms with Crippen molar-refractivity contribution >= 4 is 27.2 Å². The Bertz CT molecular complexity index is 1790. The van der Waals surface area contributed by atoms with E-state index < -0.39 is 27.6 Å². The molecule has 3 heterocycles. The zero-order chi connectivity index (χ0) is 30.9. The van der Waals surface area contributed by atoms with Crippen LogP contribution < -0.4 is 5.32 Å². The van der Waals surface area contributed by atoms with Crippen molar-refractivity contribution in [2.75, 3.05) is 51.1 Å². The zero-order valence-corrected chi connectivity index (χ0v) is 25.3. The van der Waals surface area contributed by atoms with Gasteiger partial charge in [-0.05, 0) is 73.9 Å². The number of carbonyl (C=O) groups is 1. The molecule has 1 aliphatic heterocycles. The number of fused-ring (bicyclic) bond motifs is 1. The number of rotatable bonds is 5. The lowest BCUT2D eigenvalue weighted by Gasteiger charge is -2.33. The number of halogens is 3. The van der Waals surface area contributed by atoms with Crippen molar-refractivity contribution in [1.29, 1.82) is 0 Å². The molecule has 8 nitrogen and oxygen atoms in total. The lowest BCUT2D eigenvalue weighted by molar-refractivity contribution is -0.138. The maximum atomic E-state index is 14.0. The second kappa shape index (κ2) is 11.9. The molecule has 2 aromatic carbocycles. The average Bonchev–Trinajstić information content (AvgIpc) is 3.36. The van der Waals surface area contributed by atoms with Gasteiger partial charge < -0.3 is 10.2 Å². The molecule has 1 aliphatic rings. The molecular formula is C31H33F3N6O2S. The van der Waals surface area contributed by atoms with Gasteiger partial charge in [0.05, 0.1) is 18.0 Å². The van der Waals surface area contributed by atoms with Gasteiger partial charge in [0.25, 0.3) is 5.91 Å². The molecule has 1 fully saturated rings. The summed E-state index contributed by atoms with van der Waals surface area (Å²) in [6, 6.07) is 10.6. The number of hydrogen-bond acceptors (Lipinski definition) is 6. The minimum Gasteiger partial charge on any atom is -0.322 e. The van der Waals surface area contributed by atoms with E-state index in [4.69, 9.17) is 0 Å². The van der Waals surface area contributed by atoms with Crippen molar-refractivity contribution in [2.24, 2.45) is 0 Å². The molecule has 43 heavy (non-hydrogen) atoms. The van der Waals surface area contributed by atoms with Crippen LogP contribution in [0.15, 0.2) is 59.8 Å². The third-order valence-corrected chi connectivity index (χ3v) is 8.94. The molecule has 0 aliphatic carbocycles. The van der Waals surface area contributed by atoms with Crippen LogP contribution >= 0.6 is 0 Å². The van der Waals surface area contributed by atoms with Crippen molar-refractivity contribution in [3.8, 4) is 11.8 Å². The second-order valence-corrected chi connectivity index (χ2v) is 14.4. The summed E-state index contributed by atoms with van der Waals surface area (Å²) in [5.74, 6) is 5.52. The minimum atomic E-state index is -4.56. The van der Waals surface area contributed by atoms with Crippen LogP contribution in [0, 0.1) is 18.8 Å². The monoisotopic (exact) mass is 610 g/mol. The molecule has 12 heteroatoms. The van der Waals surface area contributed by atoms with Crippen molar-refractivity contribution < 1.29 is 22.2 Å². The number of alkyl halides is 3. The number of nitrogens with one attached hydrogen (secondary N) is 1. The number of imidazole rings is 1. The number of aromatic nitrogens is 3. The van der Waals surface area contributed by atoms with Gasteiger partial charge in [-0.2, -0.15) is 18.3 Å². The van der Waals surface area contributed by atoms with E-state index >= 15 is 0 Å². The Morgan fingerprint density at radius 2 is 1.77 bits per heavy atom. The Morgan fingerprint density at radius 1 is 1.02 bits per heavy atom. The van der Waals surface area contributed by atoms with E-state index in [0.29, 0.717) is 34.9 Å². The molecule has 0 radical (unpaired) electrons. The number of amides is 1. The lowest BCUT2D eigenvalue weighted by atomic mass is 10.0. The summed E-state index contributed by atoms with van der Waals surface area (Å²) in [5.41, 5.74) is 2.16. The summed E-state index contributed by atoms with van der Waals surface area (Å²) in [5, 5.41) is 6.94. The second-order valence-electron chi connectivity index (χ2n) is 11.2. The molecule has 226 valence electrons. The van der Waals surface area contributed by atoms with E-state index in [1.165, 1.54) is 12.1 Å². The third-order valence-electron chi connectivity index (χ3n) is 7.46. The summed E-state index contributed by atoms with van der Waals surface area (Å²) in [7, 11) is -0.503. The summed E-state index contributed by atoms with van der Waals surface area (Å²) in [4.78, 5) is 22.2. The molecule has 4 aromatic rings. The molecule has 1 saturated heterocycles. The van der Waals surface area contributed by atoms with Gasteiger partial charge in [0.2, 0.25) is 0 Å². The number of carbonyl (C=O) groups excluding carboxylic acids is 1. The van der Waals surface area contributed by atoms with Gasteiger partial charge in [0.1, 0.15) is 5.69 Å². The van der Waals surface area contributed by atoms with Crippen LogP contribution in [0.3, 0.4) is 0 Å². The third kappa shape index (κ3) is 7.13. The maximum absolute atomic E-state index is 14.0. The molecular weight excluding hydrogens is 577 g/mol. The Kier molecular flexibility index (Phi) is 8.42. The molecule has 0 atom stereocenters. The first kappa shape index (κ1) is 30.4. The van der Waals surface area contributed by atoms with Gasteiger partial charge >= 0.3 is 6.18 Å². The van der Waals surface area contributed by atoms with Crippen LogP contribution in [-0.4, -0.2) is 80.3 Å². The first-order chi connectivity index (χ1) is 20.3. The highest BCUT2D eigenvalue weighted by Gasteiger charge is 2.34. The van der Waals surface area contributed by atoms with Crippen molar-refractivity contribution in [1.82, 2.24) is 24.4 Å². The topological polar surface area (TPSA) is 82.8 Å². The van der Waals surface area contributed by atoms with Gasteiger partial charge in [-0.15, -0.1) is 0 Å². The fourth-order valence-electron chi connectivity index (χ4n) is 4.78. The lowest BCUT2D eigenvalue weighted by Crippen LogP contribution is -2.44. The highest BCUT2D eigenvalue weighted by molar-refractivity contribution is 8.01. The van der Waals surface area contributed by atoms with Crippen molar-refractivity contribution in [3.63, 3.8) is 0 Å². The molecule has 5 rings (SSSR count).